The van der Waals surface area contributed by atoms with Crippen molar-refractivity contribution in [3.05, 3.63) is 65.7 Å². The first-order valence-corrected chi connectivity index (χ1v) is 12.9. The number of esters is 1. The Bertz CT molecular complexity index is 1200. The molecule has 2 amide bonds. The summed E-state index contributed by atoms with van der Waals surface area (Å²) in [5.74, 6) is -0.358. The highest BCUT2D eigenvalue weighted by atomic mass is 16.8. The Labute approximate surface area is 226 Å². The van der Waals surface area contributed by atoms with Crippen LogP contribution in [-0.4, -0.2) is 104 Å². The molecule has 5 rings (SSSR count). The molecule has 3 aliphatic rings. The fourth-order valence-corrected chi connectivity index (χ4v) is 4.71. The van der Waals surface area contributed by atoms with E-state index in [1.165, 1.54) is 0 Å². The number of carbonyl (C=O) groups excluding carboxylic acids is 3. The summed E-state index contributed by atoms with van der Waals surface area (Å²) in [6.07, 6.45) is -0.673. The number of rotatable bonds is 8. The van der Waals surface area contributed by atoms with Gasteiger partial charge in [-0.25, -0.2) is 9.63 Å². The Kier molecular flexibility index (Phi) is 8.35. The molecule has 2 fully saturated rings. The minimum absolute atomic E-state index is 0.179. The van der Waals surface area contributed by atoms with Crippen molar-refractivity contribution in [3.8, 4) is 0 Å². The summed E-state index contributed by atoms with van der Waals surface area (Å²) < 4.78 is 10.7. The van der Waals surface area contributed by atoms with Crippen molar-refractivity contribution in [1.29, 1.82) is 0 Å². The minimum Gasteiger partial charge on any atom is -0.465 e. The fourth-order valence-electron chi connectivity index (χ4n) is 4.71. The van der Waals surface area contributed by atoms with Crippen molar-refractivity contribution in [2.45, 2.75) is 13.0 Å². The summed E-state index contributed by atoms with van der Waals surface area (Å²) in [6.45, 7) is 6.43. The van der Waals surface area contributed by atoms with Crippen LogP contribution in [0.5, 0.6) is 0 Å². The van der Waals surface area contributed by atoms with Crippen LogP contribution in [0.25, 0.3) is 0 Å². The van der Waals surface area contributed by atoms with E-state index in [1.54, 1.807) is 60.4 Å². The number of piperazine rings is 1. The number of carbonyl (C=O) groups is 3. The van der Waals surface area contributed by atoms with E-state index in [-0.39, 0.29) is 30.6 Å². The molecule has 2 aromatic carbocycles. The molecule has 12 heteroatoms. The Morgan fingerprint density at radius 1 is 1.00 bits per heavy atom. The lowest BCUT2D eigenvalue weighted by atomic mass is 10.1. The quantitative estimate of drug-likeness (QED) is 0.466. The fraction of sp³-hybridized carbons (Fsp3) is 0.407. The van der Waals surface area contributed by atoms with Crippen LogP contribution < -0.4 is 4.90 Å². The Morgan fingerprint density at radius 2 is 1.72 bits per heavy atom. The van der Waals surface area contributed by atoms with Crippen molar-refractivity contribution in [1.82, 2.24) is 14.9 Å². The van der Waals surface area contributed by atoms with Crippen LogP contribution in [-0.2, 0) is 23.9 Å². The van der Waals surface area contributed by atoms with Crippen LogP contribution in [0.3, 0.4) is 0 Å². The first-order chi connectivity index (χ1) is 19.0. The summed E-state index contributed by atoms with van der Waals surface area (Å²) in [6, 6.07) is 15.8. The monoisotopic (exact) mass is 537 g/mol. The lowest BCUT2D eigenvalue weighted by Gasteiger charge is -2.34. The summed E-state index contributed by atoms with van der Waals surface area (Å²) >= 11 is 0. The van der Waals surface area contributed by atoms with Gasteiger partial charge in [-0.2, -0.15) is 5.06 Å². The number of hydrogen-bond donors (Lipinski definition) is 0. The van der Waals surface area contributed by atoms with Crippen LogP contribution in [0.15, 0.2) is 59.8 Å². The number of hydrogen-bond acceptors (Lipinski definition) is 10. The molecule has 3 heterocycles. The van der Waals surface area contributed by atoms with Gasteiger partial charge in [0.15, 0.2) is 0 Å². The number of oxime groups is 1. The molecule has 39 heavy (non-hydrogen) atoms. The van der Waals surface area contributed by atoms with Crippen molar-refractivity contribution in [2.24, 2.45) is 5.16 Å². The third-order valence-corrected chi connectivity index (χ3v) is 6.68. The van der Waals surface area contributed by atoms with Gasteiger partial charge in [0, 0.05) is 49.5 Å². The van der Waals surface area contributed by atoms with Crippen molar-refractivity contribution in [3.63, 3.8) is 0 Å². The van der Waals surface area contributed by atoms with Gasteiger partial charge in [-0.1, -0.05) is 23.4 Å². The van der Waals surface area contributed by atoms with Gasteiger partial charge in [0.2, 0.25) is 12.6 Å². The van der Waals surface area contributed by atoms with E-state index in [9.17, 15) is 14.4 Å². The zero-order valence-corrected chi connectivity index (χ0v) is 21.7. The van der Waals surface area contributed by atoms with Gasteiger partial charge in [0.1, 0.15) is 6.10 Å². The Morgan fingerprint density at radius 3 is 2.44 bits per heavy atom. The molecule has 12 nitrogen and oxygen atoms in total. The highest BCUT2D eigenvalue weighted by molar-refractivity contribution is 6.11. The van der Waals surface area contributed by atoms with E-state index in [0.717, 1.165) is 31.2 Å². The molecule has 0 radical (unpaired) electrons. The number of hydroxylamine groups is 2. The maximum Gasteiger partial charge on any atom is 0.414 e. The number of amides is 2. The summed E-state index contributed by atoms with van der Waals surface area (Å²) in [4.78, 5) is 53.8. The second-order valence-corrected chi connectivity index (χ2v) is 9.30. The molecule has 206 valence electrons. The smallest absolute Gasteiger partial charge is 0.414 e. The predicted octanol–water partition coefficient (Wildman–Crippen LogP) is 1.92. The first kappa shape index (κ1) is 26.6. The average molecular weight is 538 g/mol. The van der Waals surface area contributed by atoms with E-state index in [2.05, 4.69) is 15.0 Å². The second-order valence-electron chi connectivity index (χ2n) is 9.30. The van der Waals surface area contributed by atoms with E-state index < -0.39 is 6.09 Å². The highest BCUT2D eigenvalue weighted by Gasteiger charge is 2.35. The van der Waals surface area contributed by atoms with Crippen molar-refractivity contribution < 1.29 is 33.5 Å². The number of cyclic esters (lactones) is 1. The normalized spacial score (nSPS) is 20.3. The summed E-state index contributed by atoms with van der Waals surface area (Å²) in [5, 5.41) is 5.15. The maximum absolute atomic E-state index is 13.0. The molecule has 0 spiro atoms. The largest absolute Gasteiger partial charge is 0.465 e. The van der Waals surface area contributed by atoms with Crippen LogP contribution in [0.1, 0.15) is 22.8 Å². The third kappa shape index (κ3) is 6.36. The van der Waals surface area contributed by atoms with Gasteiger partial charge >= 0.3 is 12.1 Å². The van der Waals surface area contributed by atoms with E-state index in [1.807, 2.05) is 6.07 Å². The van der Waals surface area contributed by atoms with Crippen LogP contribution in [0, 0.1) is 0 Å². The van der Waals surface area contributed by atoms with Gasteiger partial charge < -0.3 is 14.3 Å². The zero-order chi connectivity index (χ0) is 27.2. The number of ether oxygens (including phenoxy) is 2. The van der Waals surface area contributed by atoms with Crippen LogP contribution in [0.2, 0.25) is 0 Å². The van der Waals surface area contributed by atoms with Gasteiger partial charge in [-0.05, 0) is 43.3 Å². The molecule has 0 aromatic heterocycles. The number of benzene rings is 2. The molecule has 0 saturated carbocycles. The molecular formula is C27H31N5O7. The first-order valence-electron chi connectivity index (χ1n) is 12.9. The Hall–Kier alpha value is -4.00. The minimum atomic E-state index is -0.406. The van der Waals surface area contributed by atoms with Gasteiger partial charge in [-0.3, -0.25) is 24.3 Å². The lowest BCUT2D eigenvalue weighted by Crippen LogP contribution is -2.50. The average Bonchev–Trinajstić information content (AvgIpc) is 3.34. The Balaban J connectivity index is 1.17. The second kappa shape index (κ2) is 12.2. The topological polar surface area (TPSA) is 113 Å². The molecule has 2 aromatic rings. The molecule has 1 atom stereocenters. The van der Waals surface area contributed by atoms with Gasteiger partial charge in [-0.15, -0.1) is 0 Å². The van der Waals surface area contributed by atoms with E-state index >= 15 is 0 Å². The van der Waals surface area contributed by atoms with Gasteiger partial charge in [0.25, 0.3) is 5.91 Å². The molecule has 0 N–H and O–H groups in total. The number of nitrogens with zero attached hydrogens (tertiary/aromatic N) is 5. The van der Waals surface area contributed by atoms with Crippen molar-refractivity contribution in [2.75, 3.05) is 64.1 Å². The number of anilines is 1. The van der Waals surface area contributed by atoms with Gasteiger partial charge in [0.05, 0.1) is 19.7 Å². The standard InChI is InChI=1S/C27H31N5O7/c1-2-36-24(33)18-30-14-12-29(13-15-30)16-23-17-31(27(35)39-23)22-10-8-20(9-11-22)25-28-37-19-38-32(25)26(34)21-6-4-3-5-7-21/h3-11,23H,2,12-19H2,1H3. The number of amidine groups is 1. The summed E-state index contributed by atoms with van der Waals surface area (Å²) in [5.41, 5.74) is 1.72. The SMILES string of the molecule is CCOC(=O)CN1CCN(CC2CN(c3ccc(C4=NOCON4C(=O)c4ccccc4)cc3)C(=O)O2)CC1. The summed E-state index contributed by atoms with van der Waals surface area (Å²) in [7, 11) is 0. The van der Waals surface area contributed by atoms with E-state index in [4.69, 9.17) is 19.1 Å². The van der Waals surface area contributed by atoms with Crippen LogP contribution >= 0.6 is 0 Å². The maximum atomic E-state index is 13.0. The molecule has 2 saturated heterocycles. The molecular weight excluding hydrogens is 506 g/mol. The van der Waals surface area contributed by atoms with Crippen LogP contribution in [0.4, 0.5) is 10.5 Å². The predicted molar refractivity (Wildman–Crippen MR) is 140 cm³/mol. The molecule has 0 aliphatic carbocycles. The molecule has 0 bridgehead atoms. The molecule has 1 unspecified atom stereocenters. The zero-order valence-electron chi connectivity index (χ0n) is 21.7. The lowest BCUT2D eigenvalue weighted by molar-refractivity contribution is -0.181. The van der Waals surface area contributed by atoms with Crippen molar-refractivity contribution >= 4 is 29.5 Å². The highest BCUT2D eigenvalue weighted by Crippen LogP contribution is 2.24. The van der Waals surface area contributed by atoms with E-state index in [0.29, 0.717) is 43.1 Å². The third-order valence-electron chi connectivity index (χ3n) is 6.68. The molecule has 3 aliphatic heterocycles.